The summed E-state index contributed by atoms with van der Waals surface area (Å²) < 4.78 is 6.41. The van der Waals surface area contributed by atoms with Crippen LogP contribution >= 0.6 is 15.9 Å². The van der Waals surface area contributed by atoms with E-state index >= 15 is 0 Å². The summed E-state index contributed by atoms with van der Waals surface area (Å²) in [5, 5.41) is 27.4. The van der Waals surface area contributed by atoms with Gasteiger partial charge < -0.3 is 25.8 Å². The van der Waals surface area contributed by atoms with Gasteiger partial charge in [-0.3, -0.25) is 0 Å². The molecule has 0 heterocycles. The Morgan fingerprint density at radius 1 is 1.19 bits per heavy atom. The van der Waals surface area contributed by atoms with Crippen LogP contribution in [0.25, 0.3) is 0 Å². The van der Waals surface area contributed by atoms with Crippen molar-refractivity contribution in [2.75, 3.05) is 31.6 Å². The van der Waals surface area contributed by atoms with Gasteiger partial charge in [-0.05, 0) is 36.4 Å². The largest absolute Gasteiger partial charge is 0.489 e. The molecule has 0 aliphatic rings. The van der Waals surface area contributed by atoms with Gasteiger partial charge in [0.15, 0.2) is 0 Å². The minimum Gasteiger partial charge on any atom is -0.489 e. The van der Waals surface area contributed by atoms with Gasteiger partial charge in [-0.25, -0.2) is 4.79 Å². The number of nitrogens with zero attached hydrogens (tertiary/aromatic N) is 1. The molecule has 0 saturated heterocycles. The Balaban J connectivity index is 1.57. The second-order valence-electron chi connectivity index (χ2n) is 5.66. The van der Waals surface area contributed by atoms with Crippen molar-refractivity contribution in [3.05, 3.63) is 58.6 Å². The SMILES string of the molecule is N#Cc1ccccc1OCC(O)CNCCNC(=O)Nc1ccc(Br)cc1. The van der Waals surface area contributed by atoms with E-state index in [1.807, 2.05) is 18.2 Å². The summed E-state index contributed by atoms with van der Waals surface area (Å²) in [6, 6.07) is 15.9. The number of aliphatic hydroxyl groups is 1. The Hall–Kier alpha value is -2.60. The number of ether oxygens (including phenoxy) is 1. The molecule has 8 heteroatoms. The number of para-hydroxylation sites is 1. The zero-order valence-corrected chi connectivity index (χ0v) is 16.2. The molecule has 7 nitrogen and oxygen atoms in total. The Labute approximate surface area is 166 Å². The molecule has 0 radical (unpaired) electrons. The van der Waals surface area contributed by atoms with Crippen molar-refractivity contribution in [3.63, 3.8) is 0 Å². The Morgan fingerprint density at radius 2 is 1.93 bits per heavy atom. The van der Waals surface area contributed by atoms with E-state index in [1.165, 1.54) is 0 Å². The first-order chi connectivity index (χ1) is 13.1. The molecular formula is C19H21BrN4O3. The average molecular weight is 433 g/mol. The van der Waals surface area contributed by atoms with Crippen LogP contribution in [0.15, 0.2) is 53.0 Å². The zero-order valence-electron chi connectivity index (χ0n) is 14.6. The smallest absolute Gasteiger partial charge is 0.319 e. The molecule has 2 rings (SSSR count). The highest BCUT2D eigenvalue weighted by Crippen LogP contribution is 2.16. The summed E-state index contributed by atoms with van der Waals surface area (Å²) in [5.41, 5.74) is 1.13. The molecule has 1 unspecified atom stereocenters. The van der Waals surface area contributed by atoms with Gasteiger partial charge in [0.2, 0.25) is 0 Å². The van der Waals surface area contributed by atoms with Crippen molar-refractivity contribution in [1.82, 2.24) is 10.6 Å². The van der Waals surface area contributed by atoms with Crippen LogP contribution in [0.2, 0.25) is 0 Å². The number of anilines is 1. The molecule has 0 aliphatic heterocycles. The predicted molar refractivity (Wildman–Crippen MR) is 107 cm³/mol. The van der Waals surface area contributed by atoms with Crippen molar-refractivity contribution >= 4 is 27.6 Å². The van der Waals surface area contributed by atoms with Crippen molar-refractivity contribution in [1.29, 1.82) is 5.26 Å². The maximum Gasteiger partial charge on any atom is 0.319 e. The lowest BCUT2D eigenvalue weighted by atomic mass is 10.2. The topological polar surface area (TPSA) is 106 Å². The predicted octanol–water partition coefficient (Wildman–Crippen LogP) is 2.47. The lowest BCUT2D eigenvalue weighted by Gasteiger charge is -2.14. The summed E-state index contributed by atoms with van der Waals surface area (Å²) in [6.45, 7) is 1.29. The van der Waals surface area contributed by atoms with Gasteiger partial charge in [0.05, 0.1) is 5.56 Å². The zero-order chi connectivity index (χ0) is 19.5. The number of urea groups is 1. The number of rotatable bonds is 9. The molecule has 0 fully saturated rings. The first-order valence-corrected chi connectivity index (χ1v) is 9.19. The molecule has 2 amide bonds. The number of nitrogens with one attached hydrogen (secondary N) is 3. The van der Waals surface area contributed by atoms with E-state index in [0.29, 0.717) is 36.6 Å². The third kappa shape index (κ3) is 7.66. The van der Waals surface area contributed by atoms with E-state index in [0.717, 1.165) is 4.47 Å². The molecule has 2 aromatic carbocycles. The number of amides is 2. The second-order valence-corrected chi connectivity index (χ2v) is 6.58. The standard InChI is InChI=1S/C19H21BrN4O3/c20-15-5-7-16(8-6-15)24-19(26)23-10-9-22-12-17(25)13-27-18-4-2-1-3-14(18)11-21/h1-8,17,22,25H,9-10,12-13H2,(H2,23,24,26). The van der Waals surface area contributed by atoms with Gasteiger partial charge in [-0.15, -0.1) is 0 Å². The van der Waals surface area contributed by atoms with Gasteiger partial charge >= 0.3 is 6.03 Å². The van der Waals surface area contributed by atoms with Gasteiger partial charge in [-0.2, -0.15) is 5.26 Å². The fourth-order valence-corrected chi connectivity index (χ4v) is 2.44. The number of nitriles is 1. The first kappa shape index (κ1) is 20.7. The van der Waals surface area contributed by atoms with E-state index in [-0.39, 0.29) is 12.6 Å². The number of aliphatic hydroxyl groups excluding tert-OH is 1. The van der Waals surface area contributed by atoms with E-state index in [1.54, 1.807) is 36.4 Å². The Bertz CT molecular complexity index is 777. The molecule has 142 valence electrons. The van der Waals surface area contributed by atoms with Crippen LogP contribution in [0, 0.1) is 11.3 Å². The number of hydrogen-bond donors (Lipinski definition) is 4. The summed E-state index contributed by atoms with van der Waals surface area (Å²) in [5.74, 6) is 0.449. The first-order valence-electron chi connectivity index (χ1n) is 8.39. The molecule has 1 atom stereocenters. The summed E-state index contributed by atoms with van der Waals surface area (Å²) >= 11 is 3.33. The quantitative estimate of drug-likeness (QED) is 0.455. The lowest BCUT2D eigenvalue weighted by molar-refractivity contribution is 0.106. The number of carbonyl (C=O) groups is 1. The summed E-state index contributed by atoms with van der Waals surface area (Å²) in [4.78, 5) is 11.8. The maximum absolute atomic E-state index is 11.8. The van der Waals surface area contributed by atoms with E-state index < -0.39 is 6.10 Å². The number of halogens is 1. The molecule has 0 spiro atoms. The molecule has 0 aliphatic carbocycles. The fraction of sp³-hybridized carbons (Fsp3) is 0.263. The second kappa shape index (κ2) is 11.2. The van der Waals surface area contributed by atoms with Crippen LogP contribution in [0.3, 0.4) is 0 Å². The Morgan fingerprint density at radius 3 is 2.67 bits per heavy atom. The van der Waals surface area contributed by atoms with Crippen LogP contribution in [0.1, 0.15) is 5.56 Å². The number of carbonyl (C=O) groups excluding carboxylic acids is 1. The maximum atomic E-state index is 11.8. The highest BCUT2D eigenvalue weighted by atomic mass is 79.9. The molecule has 0 saturated carbocycles. The van der Waals surface area contributed by atoms with Gasteiger partial charge in [0.1, 0.15) is 24.5 Å². The van der Waals surface area contributed by atoms with E-state index in [2.05, 4.69) is 31.9 Å². The van der Waals surface area contributed by atoms with Crippen LogP contribution in [0.5, 0.6) is 5.75 Å². The third-order valence-electron chi connectivity index (χ3n) is 3.51. The summed E-state index contributed by atoms with van der Waals surface area (Å²) in [7, 11) is 0. The monoisotopic (exact) mass is 432 g/mol. The van der Waals surface area contributed by atoms with Crippen LogP contribution in [-0.4, -0.2) is 43.5 Å². The third-order valence-corrected chi connectivity index (χ3v) is 4.04. The van der Waals surface area contributed by atoms with Crippen LogP contribution in [-0.2, 0) is 0 Å². The highest BCUT2D eigenvalue weighted by molar-refractivity contribution is 9.10. The Kier molecular flexibility index (Phi) is 8.58. The molecule has 0 bridgehead atoms. The van der Waals surface area contributed by atoms with Crippen LogP contribution < -0.4 is 20.7 Å². The molecule has 2 aromatic rings. The van der Waals surface area contributed by atoms with Crippen molar-refractivity contribution in [2.45, 2.75) is 6.10 Å². The van der Waals surface area contributed by atoms with E-state index in [9.17, 15) is 9.90 Å². The highest BCUT2D eigenvalue weighted by Gasteiger charge is 2.07. The summed E-state index contributed by atoms with van der Waals surface area (Å²) in [6.07, 6.45) is -0.728. The van der Waals surface area contributed by atoms with E-state index in [4.69, 9.17) is 10.00 Å². The lowest BCUT2D eigenvalue weighted by Crippen LogP contribution is -2.38. The number of benzene rings is 2. The minimum absolute atomic E-state index is 0.0726. The molecule has 27 heavy (non-hydrogen) atoms. The molecule has 0 aromatic heterocycles. The molecule has 4 N–H and O–H groups in total. The number of hydrogen-bond acceptors (Lipinski definition) is 5. The van der Waals surface area contributed by atoms with Gasteiger partial charge in [0.25, 0.3) is 0 Å². The minimum atomic E-state index is -0.728. The van der Waals surface area contributed by atoms with Gasteiger partial charge in [0, 0.05) is 29.8 Å². The average Bonchev–Trinajstić information content (AvgIpc) is 2.68. The normalized spacial score (nSPS) is 11.3. The molecular weight excluding hydrogens is 412 g/mol. The van der Waals surface area contributed by atoms with Crippen molar-refractivity contribution in [2.24, 2.45) is 0 Å². The van der Waals surface area contributed by atoms with Crippen molar-refractivity contribution in [3.8, 4) is 11.8 Å². The van der Waals surface area contributed by atoms with Crippen molar-refractivity contribution < 1.29 is 14.6 Å². The van der Waals surface area contributed by atoms with Crippen LogP contribution in [0.4, 0.5) is 10.5 Å². The van der Waals surface area contributed by atoms with Gasteiger partial charge in [-0.1, -0.05) is 28.1 Å². The fourth-order valence-electron chi connectivity index (χ4n) is 2.17.